The van der Waals surface area contributed by atoms with Gasteiger partial charge in [0, 0.05) is 5.56 Å². The Morgan fingerprint density at radius 1 is 1.24 bits per heavy atom. The highest BCUT2D eigenvalue weighted by atomic mass is 15.8. The SMILES string of the molecule is Cc1ccc(C2=NN(C#N)NN=C2C#N)cc1. The maximum Gasteiger partial charge on any atom is 0.224 e. The van der Waals surface area contributed by atoms with Crippen molar-refractivity contribution >= 4 is 11.4 Å². The minimum Gasteiger partial charge on any atom is -0.191 e. The van der Waals surface area contributed by atoms with Crippen LogP contribution in [0.15, 0.2) is 34.5 Å². The summed E-state index contributed by atoms with van der Waals surface area (Å²) in [4.78, 5) is 0. The van der Waals surface area contributed by atoms with Gasteiger partial charge in [0.05, 0.1) is 0 Å². The molecule has 0 fully saturated rings. The van der Waals surface area contributed by atoms with E-state index in [1.54, 1.807) is 6.19 Å². The number of hydrogen-bond donors (Lipinski definition) is 1. The van der Waals surface area contributed by atoms with Crippen molar-refractivity contribution in [2.75, 3.05) is 0 Å². The third kappa shape index (κ3) is 2.06. The monoisotopic (exact) mass is 224 g/mol. The number of hydrazone groups is 2. The van der Waals surface area contributed by atoms with E-state index in [0.717, 1.165) is 16.2 Å². The molecule has 0 aromatic heterocycles. The molecule has 1 heterocycles. The summed E-state index contributed by atoms with van der Waals surface area (Å²) in [6.07, 6.45) is 1.78. The van der Waals surface area contributed by atoms with E-state index in [1.165, 1.54) is 0 Å². The molecule has 6 heteroatoms. The quantitative estimate of drug-likeness (QED) is 0.717. The molecule has 1 aliphatic rings. The van der Waals surface area contributed by atoms with Crippen molar-refractivity contribution in [3.8, 4) is 12.3 Å². The Balaban J connectivity index is 2.44. The van der Waals surface area contributed by atoms with Crippen LogP contribution in [0.1, 0.15) is 11.1 Å². The van der Waals surface area contributed by atoms with Crippen LogP contribution in [0, 0.1) is 29.7 Å². The molecule has 0 spiro atoms. The first kappa shape index (κ1) is 10.7. The number of benzene rings is 1. The molecule has 1 aromatic carbocycles. The fourth-order valence-electron chi connectivity index (χ4n) is 1.35. The summed E-state index contributed by atoms with van der Waals surface area (Å²) in [6.45, 7) is 1.97. The standard InChI is InChI=1S/C11H8N6/c1-8-2-4-9(5-3-8)11-10(6-12)14-16-17(7-13)15-11/h2-5,16H,1H3. The van der Waals surface area contributed by atoms with Crippen LogP contribution < -0.4 is 5.53 Å². The summed E-state index contributed by atoms with van der Waals surface area (Å²) in [5, 5.41) is 26.3. The van der Waals surface area contributed by atoms with Crippen molar-refractivity contribution in [3.05, 3.63) is 35.4 Å². The van der Waals surface area contributed by atoms with Crippen LogP contribution in [0.3, 0.4) is 0 Å². The topological polar surface area (TPSA) is 87.6 Å². The molecule has 0 saturated heterocycles. The number of nitrogens with one attached hydrogen (secondary N) is 1. The maximum absolute atomic E-state index is 8.93. The van der Waals surface area contributed by atoms with E-state index in [1.807, 2.05) is 37.3 Å². The molecule has 0 aliphatic carbocycles. The van der Waals surface area contributed by atoms with E-state index in [9.17, 15) is 0 Å². The Bertz CT molecular complexity index is 569. The van der Waals surface area contributed by atoms with Gasteiger partial charge in [0.15, 0.2) is 5.71 Å². The molecule has 82 valence electrons. The molecular weight excluding hydrogens is 216 g/mol. The van der Waals surface area contributed by atoms with Crippen molar-refractivity contribution < 1.29 is 0 Å². The van der Waals surface area contributed by atoms with Gasteiger partial charge in [0.1, 0.15) is 11.8 Å². The number of nitriles is 2. The molecule has 0 bridgehead atoms. The molecule has 0 amide bonds. The van der Waals surface area contributed by atoms with E-state index in [0.29, 0.717) is 5.71 Å². The zero-order chi connectivity index (χ0) is 12.3. The van der Waals surface area contributed by atoms with E-state index < -0.39 is 0 Å². The van der Waals surface area contributed by atoms with Crippen LogP contribution in [0.4, 0.5) is 0 Å². The summed E-state index contributed by atoms with van der Waals surface area (Å²) in [6, 6.07) is 9.42. The Morgan fingerprint density at radius 3 is 2.53 bits per heavy atom. The lowest BCUT2D eigenvalue weighted by Crippen LogP contribution is -2.34. The third-order valence-corrected chi connectivity index (χ3v) is 2.21. The van der Waals surface area contributed by atoms with E-state index in [4.69, 9.17) is 10.5 Å². The zero-order valence-electron chi connectivity index (χ0n) is 9.05. The molecule has 0 radical (unpaired) electrons. The second-order valence-electron chi connectivity index (χ2n) is 3.40. The minimum atomic E-state index is 0.153. The Labute approximate surface area is 98.0 Å². The minimum absolute atomic E-state index is 0.153. The molecule has 2 rings (SSSR count). The van der Waals surface area contributed by atoms with Crippen molar-refractivity contribution in [3.63, 3.8) is 0 Å². The van der Waals surface area contributed by atoms with Crippen molar-refractivity contribution in [1.82, 2.24) is 10.7 Å². The lowest BCUT2D eigenvalue weighted by Gasteiger charge is -2.15. The first-order valence-electron chi connectivity index (χ1n) is 4.84. The average molecular weight is 224 g/mol. The van der Waals surface area contributed by atoms with Crippen LogP contribution in [0.25, 0.3) is 0 Å². The van der Waals surface area contributed by atoms with Gasteiger partial charge < -0.3 is 0 Å². The first-order chi connectivity index (χ1) is 8.24. The third-order valence-electron chi connectivity index (χ3n) is 2.21. The Morgan fingerprint density at radius 2 is 1.94 bits per heavy atom. The van der Waals surface area contributed by atoms with Crippen LogP contribution in [0.2, 0.25) is 0 Å². The predicted molar refractivity (Wildman–Crippen MR) is 61.4 cm³/mol. The van der Waals surface area contributed by atoms with Crippen molar-refractivity contribution in [1.29, 1.82) is 10.5 Å². The van der Waals surface area contributed by atoms with Gasteiger partial charge in [0.25, 0.3) is 0 Å². The van der Waals surface area contributed by atoms with Crippen LogP contribution in [-0.2, 0) is 0 Å². The van der Waals surface area contributed by atoms with Gasteiger partial charge in [-0.25, -0.2) is 0 Å². The molecule has 1 aromatic rings. The lowest BCUT2D eigenvalue weighted by molar-refractivity contribution is 0.303. The molecule has 1 aliphatic heterocycles. The van der Waals surface area contributed by atoms with E-state index >= 15 is 0 Å². The van der Waals surface area contributed by atoms with Gasteiger partial charge >= 0.3 is 0 Å². The average Bonchev–Trinajstić information content (AvgIpc) is 2.39. The number of nitrogens with zero attached hydrogens (tertiary/aromatic N) is 5. The summed E-state index contributed by atoms with van der Waals surface area (Å²) in [5.41, 5.74) is 4.72. The van der Waals surface area contributed by atoms with E-state index in [-0.39, 0.29) is 5.71 Å². The number of aryl methyl sites for hydroxylation is 1. The Hall–Kier alpha value is -2.86. The summed E-state index contributed by atoms with van der Waals surface area (Å²) in [5.74, 6) is 0. The van der Waals surface area contributed by atoms with Gasteiger partial charge in [-0.15, -0.1) is 10.2 Å². The highest BCUT2D eigenvalue weighted by Crippen LogP contribution is 2.08. The molecule has 17 heavy (non-hydrogen) atoms. The van der Waals surface area contributed by atoms with Crippen LogP contribution in [0.5, 0.6) is 0 Å². The smallest absolute Gasteiger partial charge is 0.191 e. The first-order valence-corrected chi connectivity index (χ1v) is 4.84. The Kier molecular flexibility index (Phi) is 2.71. The largest absolute Gasteiger partial charge is 0.224 e. The fourth-order valence-corrected chi connectivity index (χ4v) is 1.35. The summed E-state index contributed by atoms with van der Waals surface area (Å²) < 4.78 is 0. The van der Waals surface area contributed by atoms with Gasteiger partial charge in [-0.05, 0) is 6.92 Å². The van der Waals surface area contributed by atoms with E-state index in [2.05, 4.69) is 15.7 Å². The molecule has 1 N–H and O–H groups in total. The second-order valence-corrected chi connectivity index (χ2v) is 3.40. The fraction of sp³-hybridized carbons (Fsp3) is 0.0909. The predicted octanol–water partition coefficient (Wildman–Crippen LogP) is 0.880. The molecule has 0 unspecified atom stereocenters. The number of hydrazine groups is 1. The van der Waals surface area contributed by atoms with Crippen LogP contribution in [-0.4, -0.2) is 16.5 Å². The maximum atomic E-state index is 8.93. The lowest BCUT2D eigenvalue weighted by atomic mass is 10.1. The summed E-state index contributed by atoms with van der Waals surface area (Å²) >= 11 is 0. The van der Waals surface area contributed by atoms with Crippen molar-refractivity contribution in [2.45, 2.75) is 6.92 Å². The number of hydrogen-bond acceptors (Lipinski definition) is 6. The normalized spacial score (nSPS) is 13.9. The van der Waals surface area contributed by atoms with Gasteiger partial charge in [-0.2, -0.15) is 16.1 Å². The molecule has 0 saturated carbocycles. The summed E-state index contributed by atoms with van der Waals surface area (Å²) in [7, 11) is 0. The molecule has 0 atom stereocenters. The van der Waals surface area contributed by atoms with Crippen LogP contribution >= 0.6 is 0 Å². The highest BCUT2D eigenvalue weighted by molar-refractivity contribution is 6.53. The molecule has 6 nitrogen and oxygen atoms in total. The zero-order valence-corrected chi connectivity index (χ0v) is 9.05. The molecular formula is C11H8N6. The highest BCUT2D eigenvalue weighted by Gasteiger charge is 2.18. The second kappa shape index (κ2) is 4.33. The van der Waals surface area contributed by atoms with Gasteiger partial charge in [-0.3, -0.25) is 0 Å². The van der Waals surface area contributed by atoms with Gasteiger partial charge in [-0.1, -0.05) is 34.9 Å². The van der Waals surface area contributed by atoms with Crippen molar-refractivity contribution in [2.24, 2.45) is 10.2 Å². The number of rotatable bonds is 1. The van der Waals surface area contributed by atoms with Gasteiger partial charge in [0.2, 0.25) is 6.19 Å².